The van der Waals surface area contributed by atoms with E-state index in [0.29, 0.717) is 0 Å². The first-order valence-electron chi connectivity index (χ1n) is 0.591. The maximum absolute atomic E-state index is 4.25. The monoisotopic (exact) mass is 142 g/mol. The van der Waals surface area contributed by atoms with Crippen LogP contribution in [0, 0.1) is 7.43 Å². The van der Waals surface area contributed by atoms with Crippen LogP contribution in [-0.4, -0.2) is 4.31 Å². The normalized spacial score (nSPS) is 3.00. The van der Waals surface area contributed by atoms with Crippen molar-refractivity contribution in [1.82, 2.24) is 0 Å². The molecule has 3 heteroatoms. The number of thiocarbonyl (C=S) groups is 1. The van der Waals surface area contributed by atoms with Gasteiger partial charge in [-0.15, -0.1) is 0 Å². The molecule has 0 N–H and O–H groups in total. The number of rotatable bonds is 0. The van der Waals surface area contributed by atoms with Gasteiger partial charge < -0.3 is 7.43 Å². The minimum Gasteiger partial charge on any atom is -0.358 e. The summed E-state index contributed by atoms with van der Waals surface area (Å²) in [5.41, 5.74) is 0. The van der Waals surface area contributed by atoms with Crippen LogP contribution in [0.5, 0.6) is 0 Å². The molecule has 0 rings (SSSR count). The summed E-state index contributed by atoms with van der Waals surface area (Å²) in [6.07, 6.45) is 0. The molecule has 0 fully saturated rings. The predicted molar refractivity (Wildman–Crippen MR) is 26.6 cm³/mol. The fourth-order valence-electron chi connectivity index (χ4n) is 0. The van der Waals surface area contributed by atoms with Gasteiger partial charge in [0, 0.05) is 0 Å². The maximum atomic E-state index is 4.25. The quantitative estimate of drug-likeness (QED) is 0.364. The van der Waals surface area contributed by atoms with Crippen molar-refractivity contribution >= 4 is 25.5 Å². The van der Waals surface area contributed by atoms with Crippen LogP contribution < -0.4 is 0 Å². The van der Waals surface area contributed by atoms with Crippen molar-refractivity contribution in [2.75, 3.05) is 0 Å². The van der Waals surface area contributed by atoms with Crippen LogP contribution in [-0.2, 0) is 15.7 Å². The van der Waals surface area contributed by atoms with Gasteiger partial charge in [-0.2, -0.15) is 0 Å². The molecule has 0 nitrogen and oxygen atoms in total. The molecule has 5 heavy (non-hydrogen) atoms. The van der Waals surface area contributed by atoms with Crippen molar-refractivity contribution < 1.29 is 15.7 Å². The third kappa shape index (κ3) is 11.6. The Balaban J connectivity index is 0. The standard InChI is InChI=1S/CS2.CH3.V/c2-1-3;;/h;1H3;/q;-1;. The van der Waals surface area contributed by atoms with E-state index >= 15 is 0 Å². The molecule has 0 radical (unpaired) electrons. The van der Waals surface area contributed by atoms with E-state index in [1.54, 1.807) is 0 Å². The predicted octanol–water partition coefficient (Wildman–Crippen LogP) is 1.47. The largest absolute Gasteiger partial charge is 0.358 e. The second-order valence-electron chi connectivity index (χ2n) is 0.175. The summed E-state index contributed by atoms with van der Waals surface area (Å²) in [5, 5.41) is 0. The molecule has 0 aliphatic carbocycles. The van der Waals surface area contributed by atoms with Crippen molar-refractivity contribution in [2.24, 2.45) is 0 Å². The molecule has 0 bridgehead atoms. The molecule has 0 aromatic rings. The first-order chi connectivity index (χ1) is 1.91. The molecule has 0 unspecified atom stereocenters. The van der Waals surface area contributed by atoms with Gasteiger partial charge in [0.2, 0.25) is 0 Å². The summed E-state index contributed by atoms with van der Waals surface area (Å²) in [4.78, 5) is 0. The molecule has 0 aromatic heterocycles. The fraction of sp³-hybridized carbons (Fsp3) is 0. The molecule has 0 spiro atoms. The van der Waals surface area contributed by atoms with Gasteiger partial charge in [-0.05, 0) is 0 Å². The molecular weight excluding hydrogens is 139 g/mol. The second-order valence-corrected chi connectivity index (χ2v) is 1.88. The summed E-state index contributed by atoms with van der Waals surface area (Å²) in [5.74, 6) is 0. The molecule has 0 atom stereocenters. The van der Waals surface area contributed by atoms with Crippen LogP contribution in [0.3, 0.4) is 0 Å². The third-order valence-electron chi connectivity index (χ3n) is 0.0373. The van der Waals surface area contributed by atoms with Gasteiger partial charge in [-0.3, -0.25) is 0 Å². The van der Waals surface area contributed by atoms with Gasteiger partial charge in [-0.25, -0.2) is 0 Å². The van der Waals surface area contributed by atoms with Crippen LogP contribution in [0.15, 0.2) is 0 Å². The number of hydrogen-bond donors (Lipinski definition) is 0. The number of hydrogen-bond acceptors (Lipinski definition) is 1. The first kappa shape index (κ1) is 9.26. The van der Waals surface area contributed by atoms with Crippen LogP contribution in [0.1, 0.15) is 0 Å². The Bertz CT molecular complexity index is 57.7. The van der Waals surface area contributed by atoms with E-state index in [2.05, 4.69) is 32.3 Å². The van der Waals surface area contributed by atoms with E-state index in [-0.39, 0.29) is 7.43 Å². The van der Waals surface area contributed by atoms with Crippen molar-refractivity contribution in [2.45, 2.75) is 0 Å². The third-order valence-corrected chi connectivity index (χ3v) is 1.38. The Kier molecular flexibility index (Phi) is 16.4. The summed E-state index contributed by atoms with van der Waals surface area (Å²) in [6, 6.07) is 0. The minimum absolute atomic E-state index is 0. The Morgan fingerprint density at radius 1 is 1.80 bits per heavy atom. The van der Waals surface area contributed by atoms with Crippen LogP contribution in [0.25, 0.3) is 0 Å². The van der Waals surface area contributed by atoms with Crippen LogP contribution >= 0.6 is 21.2 Å². The average molecular weight is 142 g/mol. The van der Waals surface area contributed by atoms with Crippen LogP contribution in [0.4, 0.5) is 0 Å². The zero-order chi connectivity index (χ0) is 3.41. The van der Waals surface area contributed by atoms with E-state index < -0.39 is 0 Å². The molecule has 29 valence electrons. The van der Waals surface area contributed by atoms with Crippen molar-refractivity contribution in [3.05, 3.63) is 7.43 Å². The van der Waals surface area contributed by atoms with Crippen molar-refractivity contribution in [3.63, 3.8) is 0 Å². The molecule has 0 amide bonds. The van der Waals surface area contributed by atoms with Gasteiger partial charge in [0.05, 0.1) is 0 Å². The maximum Gasteiger partial charge on any atom is -0.358 e. The molecule has 0 heterocycles. The topological polar surface area (TPSA) is 0 Å². The smallest absolute Gasteiger partial charge is 0.358 e. The SMILES string of the molecule is S=C=[S]=[V].[CH3-]. The summed E-state index contributed by atoms with van der Waals surface area (Å²) >= 11 is 6.49. The zero-order valence-corrected chi connectivity index (χ0v) is 5.79. The summed E-state index contributed by atoms with van der Waals surface area (Å²) < 4.78 is 2.40. The van der Waals surface area contributed by atoms with Crippen molar-refractivity contribution in [3.8, 4) is 0 Å². The van der Waals surface area contributed by atoms with E-state index in [1.165, 1.54) is 9.01 Å². The van der Waals surface area contributed by atoms with Crippen LogP contribution in [0.2, 0.25) is 0 Å². The van der Waals surface area contributed by atoms with E-state index in [4.69, 9.17) is 0 Å². The van der Waals surface area contributed by atoms with Gasteiger partial charge >= 0.3 is 41.3 Å². The first-order valence-corrected chi connectivity index (χ1v) is 3.48. The second kappa shape index (κ2) is 8.84. The van der Waals surface area contributed by atoms with E-state index in [1.807, 2.05) is 0 Å². The average Bonchev–Trinajstić information content (AvgIpc) is 1.37. The van der Waals surface area contributed by atoms with E-state index in [0.717, 1.165) is 0 Å². The van der Waals surface area contributed by atoms with E-state index in [9.17, 15) is 0 Å². The zero-order valence-electron chi connectivity index (χ0n) is 2.76. The van der Waals surface area contributed by atoms with Gasteiger partial charge in [-0.1, -0.05) is 0 Å². The Morgan fingerprint density at radius 3 is 2.00 bits per heavy atom. The summed E-state index contributed by atoms with van der Waals surface area (Å²) in [7, 11) is 1.36. The Hall–Kier alpha value is 0.804. The Morgan fingerprint density at radius 2 is 2.00 bits per heavy atom. The van der Waals surface area contributed by atoms with Gasteiger partial charge in [0.15, 0.2) is 0 Å². The summed E-state index contributed by atoms with van der Waals surface area (Å²) in [6.45, 7) is 0. The Labute approximate surface area is 48.8 Å². The molecule has 0 aliphatic rings. The van der Waals surface area contributed by atoms with Crippen molar-refractivity contribution in [1.29, 1.82) is 0 Å². The minimum atomic E-state index is 0. The fourth-order valence-corrected chi connectivity index (χ4v) is 0. The van der Waals surface area contributed by atoms with Gasteiger partial charge in [0.25, 0.3) is 0 Å². The van der Waals surface area contributed by atoms with Gasteiger partial charge in [0.1, 0.15) is 0 Å². The molecule has 0 aromatic carbocycles. The molecule has 0 aliphatic heterocycles. The molecule has 0 saturated heterocycles. The molecular formula is C2H3S2V-. The molecule has 0 saturated carbocycles.